The van der Waals surface area contributed by atoms with Crippen LogP contribution in [0.2, 0.25) is 0 Å². The molecule has 2 aliphatic heterocycles. The third kappa shape index (κ3) is 3.75. The lowest BCUT2D eigenvalue weighted by Crippen LogP contribution is -2.44. The number of carbonyl (C=O) groups excluding carboxylic acids is 1. The fourth-order valence-corrected chi connectivity index (χ4v) is 4.51. The topological polar surface area (TPSA) is 68.5 Å². The van der Waals surface area contributed by atoms with E-state index >= 15 is 0 Å². The highest BCUT2D eigenvalue weighted by Crippen LogP contribution is 2.32. The highest BCUT2D eigenvalue weighted by atomic mass is 32.1. The zero-order valence-corrected chi connectivity index (χ0v) is 14.8. The summed E-state index contributed by atoms with van der Waals surface area (Å²) < 4.78 is 5.77. The number of hydrogen-bond acceptors (Lipinski definition) is 5. The van der Waals surface area contributed by atoms with Gasteiger partial charge in [-0.2, -0.15) is 0 Å². The molecule has 2 fully saturated rings. The van der Waals surface area contributed by atoms with Crippen LogP contribution in [0.15, 0.2) is 5.38 Å². The van der Waals surface area contributed by atoms with Gasteiger partial charge in [0, 0.05) is 30.9 Å². The van der Waals surface area contributed by atoms with Crippen LogP contribution < -0.4 is 5.73 Å². The fourth-order valence-electron chi connectivity index (χ4n) is 3.40. The third-order valence-corrected chi connectivity index (χ3v) is 5.88. The van der Waals surface area contributed by atoms with Crippen LogP contribution in [-0.4, -0.2) is 47.6 Å². The van der Waals surface area contributed by atoms with Crippen molar-refractivity contribution in [1.82, 2.24) is 9.88 Å². The van der Waals surface area contributed by atoms with Crippen LogP contribution in [0.5, 0.6) is 0 Å². The number of aromatic nitrogens is 1. The summed E-state index contributed by atoms with van der Waals surface area (Å²) in [4.78, 5) is 19.5. The average Bonchev–Trinajstić information content (AvgIpc) is 3.23. The first kappa shape index (κ1) is 16.9. The Morgan fingerprint density at radius 1 is 1.48 bits per heavy atom. The first-order valence-corrected chi connectivity index (χ1v) is 9.56. The maximum absolute atomic E-state index is 12.7. The molecule has 1 aromatic rings. The maximum Gasteiger partial charge on any atom is 0.251 e. The predicted molar refractivity (Wildman–Crippen MR) is 91.7 cm³/mol. The van der Waals surface area contributed by atoms with Gasteiger partial charge in [-0.05, 0) is 31.6 Å². The second kappa shape index (κ2) is 7.28. The van der Waals surface area contributed by atoms with Crippen molar-refractivity contribution >= 4 is 17.2 Å². The Kier molecular flexibility index (Phi) is 5.34. The van der Waals surface area contributed by atoms with E-state index in [1.54, 1.807) is 11.3 Å². The number of nitrogens with zero attached hydrogens (tertiary/aromatic N) is 2. The summed E-state index contributed by atoms with van der Waals surface area (Å²) in [5.41, 5.74) is 6.81. The second-order valence-electron chi connectivity index (χ2n) is 6.95. The normalized spacial score (nSPS) is 28.5. The maximum atomic E-state index is 12.7. The zero-order chi connectivity index (χ0) is 16.4. The van der Waals surface area contributed by atoms with Gasteiger partial charge in [-0.15, -0.1) is 11.3 Å². The molecule has 2 saturated heterocycles. The van der Waals surface area contributed by atoms with Gasteiger partial charge in [0.25, 0.3) is 5.91 Å². The van der Waals surface area contributed by atoms with E-state index in [0.29, 0.717) is 18.4 Å². The van der Waals surface area contributed by atoms with Gasteiger partial charge in [0.15, 0.2) is 0 Å². The molecule has 3 rings (SSSR count). The number of rotatable bonds is 4. The van der Waals surface area contributed by atoms with Crippen LogP contribution in [0.1, 0.15) is 62.1 Å². The van der Waals surface area contributed by atoms with Gasteiger partial charge in [0.2, 0.25) is 0 Å². The molecule has 1 unspecified atom stereocenters. The van der Waals surface area contributed by atoms with E-state index in [1.165, 1.54) is 10.7 Å². The lowest BCUT2D eigenvalue weighted by molar-refractivity contribution is -0.144. The van der Waals surface area contributed by atoms with Crippen molar-refractivity contribution in [3.05, 3.63) is 16.1 Å². The van der Waals surface area contributed by atoms with Crippen LogP contribution in [0.3, 0.4) is 0 Å². The summed E-state index contributed by atoms with van der Waals surface area (Å²) >= 11 is 1.74. The van der Waals surface area contributed by atoms with E-state index in [9.17, 15) is 4.79 Å². The average molecular weight is 337 g/mol. The zero-order valence-electron chi connectivity index (χ0n) is 14.0. The van der Waals surface area contributed by atoms with E-state index in [1.807, 2.05) is 4.90 Å². The first-order valence-electron chi connectivity index (χ1n) is 8.68. The Labute approximate surface area is 142 Å². The Morgan fingerprint density at radius 3 is 2.96 bits per heavy atom. The Morgan fingerprint density at radius 2 is 2.30 bits per heavy atom. The molecule has 3 heterocycles. The van der Waals surface area contributed by atoms with Crippen LogP contribution in [0.25, 0.3) is 0 Å². The van der Waals surface area contributed by atoms with Crippen molar-refractivity contribution < 1.29 is 9.53 Å². The van der Waals surface area contributed by atoms with Crippen LogP contribution in [0.4, 0.5) is 0 Å². The van der Waals surface area contributed by atoms with Gasteiger partial charge in [-0.25, -0.2) is 4.98 Å². The summed E-state index contributed by atoms with van der Waals surface area (Å²) in [5.74, 6) is 0.976. The molecule has 2 N–H and O–H groups in total. The number of hydrogen-bond donors (Lipinski definition) is 1. The van der Waals surface area contributed by atoms with Crippen molar-refractivity contribution in [3.63, 3.8) is 0 Å². The minimum absolute atomic E-state index is 0.0529. The molecule has 1 aromatic heterocycles. The molecule has 5 nitrogen and oxygen atoms in total. The number of ether oxygens (including phenoxy) is 1. The van der Waals surface area contributed by atoms with Gasteiger partial charge in [-0.3, -0.25) is 4.79 Å². The summed E-state index contributed by atoms with van der Waals surface area (Å²) in [6.07, 6.45) is 3.62. The van der Waals surface area contributed by atoms with Gasteiger partial charge in [0.05, 0.1) is 16.8 Å². The molecule has 0 bridgehead atoms. The molecule has 0 spiro atoms. The summed E-state index contributed by atoms with van der Waals surface area (Å²) in [6, 6.07) is 0. The number of likely N-dealkylation sites (tertiary alicyclic amines) is 1. The number of amides is 1. The Bertz CT molecular complexity index is 546. The molecule has 2 aliphatic rings. The van der Waals surface area contributed by atoms with Crippen molar-refractivity contribution in [2.75, 3.05) is 19.6 Å². The number of piperidine rings is 1. The molecular formula is C17H27N3O2S. The molecule has 0 saturated carbocycles. The molecule has 128 valence electrons. The van der Waals surface area contributed by atoms with Crippen molar-refractivity contribution in [2.45, 2.75) is 63.6 Å². The quantitative estimate of drug-likeness (QED) is 0.916. The lowest BCUT2D eigenvalue weighted by Gasteiger charge is -2.33. The number of thiazole rings is 1. The largest absolute Gasteiger partial charge is 0.364 e. The molecular weight excluding hydrogens is 310 g/mol. The molecule has 1 amide bonds. The summed E-state index contributed by atoms with van der Waals surface area (Å²) in [5, 5.41) is 3.34. The molecule has 0 aliphatic carbocycles. The van der Waals surface area contributed by atoms with Gasteiger partial charge in [0.1, 0.15) is 6.10 Å². The van der Waals surface area contributed by atoms with Gasteiger partial charge in [-0.1, -0.05) is 13.8 Å². The van der Waals surface area contributed by atoms with Crippen LogP contribution >= 0.6 is 11.3 Å². The number of nitrogens with two attached hydrogens (primary N) is 1. The first-order chi connectivity index (χ1) is 11.1. The SMILES string of the molecule is CC(C)c1csc(C2CCCN(C(=O)[C@@H]3CC[C@H](CN)O3)C2)n1. The van der Waals surface area contributed by atoms with E-state index in [2.05, 4.69) is 19.2 Å². The number of carbonyl (C=O) groups is 1. The highest BCUT2D eigenvalue weighted by molar-refractivity contribution is 7.09. The summed E-state index contributed by atoms with van der Waals surface area (Å²) in [7, 11) is 0. The summed E-state index contributed by atoms with van der Waals surface area (Å²) in [6.45, 7) is 6.45. The van der Waals surface area contributed by atoms with E-state index in [0.717, 1.165) is 38.8 Å². The lowest BCUT2D eigenvalue weighted by atomic mass is 9.98. The van der Waals surface area contributed by atoms with Crippen molar-refractivity contribution in [1.29, 1.82) is 0 Å². The van der Waals surface area contributed by atoms with Crippen LogP contribution in [-0.2, 0) is 9.53 Å². The minimum Gasteiger partial charge on any atom is -0.364 e. The van der Waals surface area contributed by atoms with E-state index in [-0.39, 0.29) is 18.1 Å². The Hall–Kier alpha value is -0.980. The standard InChI is InChI=1S/C17H27N3O2S/c1-11(2)14-10-23-16(19-14)12-4-3-7-20(9-12)17(21)15-6-5-13(8-18)22-15/h10-13,15H,3-9,18H2,1-2H3/t12?,13-,15+/m1/s1. The smallest absolute Gasteiger partial charge is 0.251 e. The van der Waals surface area contributed by atoms with Crippen molar-refractivity contribution in [2.24, 2.45) is 5.73 Å². The van der Waals surface area contributed by atoms with E-state index in [4.69, 9.17) is 15.5 Å². The highest BCUT2D eigenvalue weighted by Gasteiger charge is 2.35. The van der Waals surface area contributed by atoms with Gasteiger partial charge >= 0.3 is 0 Å². The van der Waals surface area contributed by atoms with Crippen molar-refractivity contribution in [3.8, 4) is 0 Å². The predicted octanol–water partition coefficient (Wildman–Crippen LogP) is 2.48. The molecule has 3 atom stereocenters. The third-order valence-electron chi connectivity index (χ3n) is 4.86. The molecule has 23 heavy (non-hydrogen) atoms. The molecule has 0 radical (unpaired) electrons. The van der Waals surface area contributed by atoms with Crippen LogP contribution in [0, 0.1) is 0 Å². The molecule has 0 aromatic carbocycles. The molecule has 6 heteroatoms. The van der Waals surface area contributed by atoms with Gasteiger partial charge < -0.3 is 15.4 Å². The fraction of sp³-hybridized carbons (Fsp3) is 0.765. The minimum atomic E-state index is -0.287. The second-order valence-corrected chi connectivity index (χ2v) is 7.84. The monoisotopic (exact) mass is 337 g/mol. The van der Waals surface area contributed by atoms with E-state index < -0.39 is 0 Å². The Balaban J connectivity index is 1.62.